The monoisotopic (exact) mass is 315 g/mol. The molecule has 1 heterocycles. The van der Waals surface area contributed by atoms with Crippen LogP contribution in [0.25, 0.3) is 0 Å². The maximum Gasteiger partial charge on any atom is 0.271 e. The molecule has 0 unspecified atom stereocenters. The average Bonchev–Trinajstić information content (AvgIpc) is 2.57. The summed E-state index contributed by atoms with van der Waals surface area (Å²) in [6.45, 7) is 3.46. The van der Waals surface area contributed by atoms with E-state index in [1.807, 2.05) is 37.3 Å². The van der Waals surface area contributed by atoms with Crippen molar-refractivity contribution in [2.45, 2.75) is 26.3 Å². The molecule has 0 saturated heterocycles. The summed E-state index contributed by atoms with van der Waals surface area (Å²) in [6.07, 6.45) is 1.48. The van der Waals surface area contributed by atoms with Crippen molar-refractivity contribution >= 4 is 5.91 Å². The van der Waals surface area contributed by atoms with Gasteiger partial charge in [0.1, 0.15) is 11.4 Å². The number of benzene rings is 1. The summed E-state index contributed by atoms with van der Waals surface area (Å²) in [7, 11) is 0. The quantitative estimate of drug-likeness (QED) is 0.755. The molecule has 2 aromatic rings. The Labute approximate surface area is 135 Å². The summed E-state index contributed by atoms with van der Waals surface area (Å²) < 4.78 is 6.86. The van der Waals surface area contributed by atoms with Gasteiger partial charge in [0.2, 0.25) is 0 Å². The van der Waals surface area contributed by atoms with E-state index in [0.717, 1.165) is 12.2 Å². The predicted octanol–water partition coefficient (Wildman–Crippen LogP) is 1.85. The molecule has 0 aliphatic heterocycles. The van der Waals surface area contributed by atoms with Crippen molar-refractivity contribution in [2.24, 2.45) is 0 Å². The second kappa shape index (κ2) is 8.73. The largest absolute Gasteiger partial charge is 0.494 e. The molecule has 2 rings (SSSR count). The van der Waals surface area contributed by atoms with Crippen LogP contribution in [-0.4, -0.2) is 28.8 Å². The van der Waals surface area contributed by atoms with Gasteiger partial charge in [-0.15, -0.1) is 0 Å². The van der Waals surface area contributed by atoms with Crippen molar-refractivity contribution in [2.75, 3.05) is 13.2 Å². The third-order valence-electron chi connectivity index (χ3n) is 3.15. The highest BCUT2D eigenvalue weighted by Gasteiger charge is 2.08. The smallest absolute Gasteiger partial charge is 0.271 e. The zero-order valence-corrected chi connectivity index (χ0v) is 13.2. The number of hydrogen-bond acceptors (Lipinski definition) is 4. The molecular weight excluding hydrogens is 294 g/mol. The summed E-state index contributed by atoms with van der Waals surface area (Å²) in [5.74, 6) is 0.529. The molecule has 6 nitrogen and oxygen atoms in total. The number of ether oxygens (including phenoxy) is 1. The van der Waals surface area contributed by atoms with E-state index in [-0.39, 0.29) is 17.2 Å². The normalized spacial score (nSPS) is 10.3. The number of hydrogen-bond donors (Lipinski definition) is 1. The lowest BCUT2D eigenvalue weighted by molar-refractivity contribution is 0.0944. The average molecular weight is 315 g/mol. The third-order valence-corrected chi connectivity index (χ3v) is 3.15. The number of rotatable bonds is 8. The summed E-state index contributed by atoms with van der Waals surface area (Å²) >= 11 is 0. The maximum absolute atomic E-state index is 12.0. The van der Waals surface area contributed by atoms with Gasteiger partial charge in [0.05, 0.1) is 6.61 Å². The van der Waals surface area contributed by atoms with Gasteiger partial charge >= 0.3 is 0 Å². The van der Waals surface area contributed by atoms with Crippen molar-refractivity contribution in [3.63, 3.8) is 0 Å². The first-order valence-electron chi connectivity index (χ1n) is 7.75. The number of aryl methyl sites for hydroxylation is 1. The Morgan fingerprint density at radius 1 is 1.22 bits per heavy atom. The van der Waals surface area contributed by atoms with Gasteiger partial charge in [-0.2, -0.15) is 5.10 Å². The van der Waals surface area contributed by atoms with E-state index in [4.69, 9.17) is 4.74 Å². The third kappa shape index (κ3) is 5.25. The van der Waals surface area contributed by atoms with Crippen molar-refractivity contribution < 1.29 is 9.53 Å². The lowest BCUT2D eigenvalue weighted by Gasteiger charge is -2.08. The minimum absolute atomic E-state index is 0.195. The fourth-order valence-electron chi connectivity index (χ4n) is 2.01. The molecule has 0 radical (unpaired) electrons. The first kappa shape index (κ1) is 16.7. The topological polar surface area (TPSA) is 73.2 Å². The van der Waals surface area contributed by atoms with E-state index in [1.54, 1.807) is 0 Å². The SMILES string of the molecule is CCCn1nc(C(=O)NCCCOc2ccccc2)ccc1=O. The lowest BCUT2D eigenvalue weighted by atomic mass is 10.3. The molecule has 0 aliphatic carbocycles. The molecule has 0 atom stereocenters. The summed E-state index contributed by atoms with van der Waals surface area (Å²) in [6, 6.07) is 12.3. The van der Waals surface area contributed by atoms with Crippen LogP contribution in [0.3, 0.4) is 0 Å². The molecule has 0 spiro atoms. The Morgan fingerprint density at radius 2 is 2.00 bits per heavy atom. The van der Waals surface area contributed by atoms with Gasteiger partial charge in [-0.05, 0) is 31.0 Å². The van der Waals surface area contributed by atoms with Gasteiger partial charge < -0.3 is 10.1 Å². The summed E-state index contributed by atoms with van der Waals surface area (Å²) in [5, 5.41) is 6.85. The standard InChI is InChI=1S/C17H21N3O3/c1-2-12-20-16(21)10-9-15(19-20)17(22)18-11-6-13-23-14-7-4-3-5-8-14/h3-5,7-10H,2,6,11-13H2,1H3,(H,18,22). The summed E-state index contributed by atoms with van der Waals surface area (Å²) in [5.41, 5.74) is 0.0571. The van der Waals surface area contributed by atoms with Crippen LogP contribution in [0.2, 0.25) is 0 Å². The highest BCUT2D eigenvalue weighted by Crippen LogP contribution is 2.08. The van der Waals surface area contributed by atoms with Gasteiger partial charge in [0.25, 0.3) is 11.5 Å². The highest BCUT2D eigenvalue weighted by atomic mass is 16.5. The lowest BCUT2D eigenvalue weighted by Crippen LogP contribution is -2.30. The second-order valence-corrected chi connectivity index (χ2v) is 5.05. The van der Waals surface area contributed by atoms with Crippen molar-refractivity contribution in [3.8, 4) is 5.75 Å². The number of para-hydroxylation sites is 1. The molecule has 1 aromatic carbocycles. The number of nitrogens with one attached hydrogen (secondary N) is 1. The first-order chi connectivity index (χ1) is 11.2. The highest BCUT2D eigenvalue weighted by molar-refractivity contribution is 5.91. The molecule has 1 N–H and O–H groups in total. The number of carbonyl (C=O) groups is 1. The Bertz CT molecular complexity index is 683. The minimum Gasteiger partial charge on any atom is -0.494 e. The number of nitrogens with zero attached hydrogens (tertiary/aromatic N) is 2. The second-order valence-electron chi connectivity index (χ2n) is 5.05. The summed E-state index contributed by atoms with van der Waals surface area (Å²) in [4.78, 5) is 23.6. The Kier molecular flexibility index (Phi) is 6.35. The molecule has 0 fully saturated rings. The van der Waals surface area contributed by atoms with Gasteiger partial charge in [0.15, 0.2) is 0 Å². The zero-order chi connectivity index (χ0) is 16.5. The molecular formula is C17H21N3O3. The fourth-order valence-corrected chi connectivity index (χ4v) is 2.01. The van der Waals surface area contributed by atoms with Gasteiger partial charge in [0, 0.05) is 19.2 Å². The van der Waals surface area contributed by atoms with Gasteiger partial charge in [-0.25, -0.2) is 4.68 Å². The number of carbonyl (C=O) groups excluding carboxylic acids is 1. The Morgan fingerprint density at radius 3 is 2.74 bits per heavy atom. The molecule has 6 heteroatoms. The van der Waals surface area contributed by atoms with Crippen LogP contribution in [0.5, 0.6) is 5.75 Å². The first-order valence-corrected chi connectivity index (χ1v) is 7.75. The van der Waals surface area contributed by atoms with Crippen LogP contribution in [0.4, 0.5) is 0 Å². The minimum atomic E-state index is -0.283. The van der Waals surface area contributed by atoms with E-state index in [0.29, 0.717) is 26.1 Å². The van der Waals surface area contributed by atoms with Crippen molar-refractivity contribution in [1.82, 2.24) is 15.1 Å². The molecule has 0 saturated carbocycles. The maximum atomic E-state index is 12.0. The zero-order valence-electron chi connectivity index (χ0n) is 13.2. The Hall–Kier alpha value is -2.63. The van der Waals surface area contributed by atoms with E-state index >= 15 is 0 Å². The molecule has 122 valence electrons. The molecule has 0 bridgehead atoms. The molecule has 0 aliphatic rings. The predicted molar refractivity (Wildman–Crippen MR) is 87.7 cm³/mol. The van der Waals surface area contributed by atoms with E-state index < -0.39 is 0 Å². The van der Waals surface area contributed by atoms with Crippen LogP contribution >= 0.6 is 0 Å². The van der Waals surface area contributed by atoms with Gasteiger partial charge in [-0.1, -0.05) is 25.1 Å². The van der Waals surface area contributed by atoms with E-state index in [9.17, 15) is 9.59 Å². The van der Waals surface area contributed by atoms with Crippen LogP contribution < -0.4 is 15.6 Å². The molecule has 1 amide bonds. The van der Waals surface area contributed by atoms with Gasteiger partial charge in [-0.3, -0.25) is 9.59 Å². The van der Waals surface area contributed by atoms with E-state index in [2.05, 4.69) is 10.4 Å². The van der Waals surface area contributed by atoms with Crippen LogP contribution in [0.1, 0.15) is 30.3 Å². The van der Waals surface area contributed by atoms with Crippen LogP contribution in [0, 0.1) is 0 Å². The van der Waals surface area contributed by atoms with Crippen molar-refractivity contribution in [3.05, 3.63) is 58.5 Å². The number of aromatic nitrogens is 2. The fraction of sp³-hybridized carbons (Fsp3) is 0.353. The van der Waals surface area contributed by atoms with Crippen LogP contribution in [-0.2, 0) is 6.54 Å². The van der Waals surface area contributed by atoms with E-state index in [1.165, 1.54) is 16.8 Å². The van der Waals surface area contributed by atoms with Crippen LogP contribution in [0.15, 0.2) is 47.3 Å². The molecule has 1 aromatic heterocycles. The number of amides is 1. The Balaban J connectivity index is 1.76. The van der Waals surface area contributed by atoms with Crippen molar-refractivity contribution in [1.29, 1.82) is 0 Å². The molecule has 23 heavy (non-hydrogen) atoms.